The Morgan fingerprint density at radius 1 is 1.15 bits per heavy atom. The molecule has 0 saturated heterocycles. The van der Waals surface area contributed by atoms with E-state index in [1.807, 2.05) is 0 Å². The second kappa shape index (κ2) is 6.05. The zero-order chi connectivity index (χ0) is 14.8. The fourth-order valence-corrected chi connectivity index (χ4v) is 3.26. The number of hydrogen-bond acceptors (Lipinski definition) is 4. The van der Waals surface area contributed by atoms with Crippen LogP contribution in [0, 0.1) is 0 Å². The Labute approximate surface area is 116 Å². The van der Waals surface area contributed by atoms with Gasteiger partial charge in [0.05, 0.1) is 16.7 Å². The van der Waals surface area contributed by atoms with Crippen LogP contribution in [-0.2, 0) is 9.84 Å². The summed E-state index contributed by atoms with van der Waals surface area (Å²) >= 11 is 0. The number of para-hydroxylation sites is 1. The van der Waals surface area contributed by atoms with Crippen LogP contribution in [0.2, 0.25) is 0 Å². The van der Waals surface area contributed by atoms with Crippen LogP contribution in [0.3, 0.4) is 0 Å². The van der Waals surface area contributed by atoms with Crippen LogP contribution in [0.15, 0.2) is 29.2 Å². The van der Waals surface area contributed by atoms with Gasteiger partial charge >= 0.3 is 5.76 Å². The maximum Gasteiger partial charge on any atom is 0.341 e. The Kier molecular flexibility index (Phi) is 4.59. The van der Waals surface area contributed by atoms with Gasteiger partial charge in [-0.05, 0) is 37.8 Å². The molecule has 0 radical (unpaired) electrons. The van der Waals surface area contributed by atoms with Gasteiger partial charge in [-0.1, -0.05) is 12.1 Å². The lowest BCUT2D eigenvalue weighted by Crippen LogP contribution is -2.29. The summed E-state index contributed by atoms with van der Waals surface area (Å²) < 4.78 is 48.6. The quantitative estimate of drug-likeness (QED) is 0.896. The summed E-state index contributed by atoms with van der Waals surface area (Å²) in [6.07, 6.45) is 2.30. The minimum Gasteiger partial charge on any atom is -0.393 e. The van der Waals surface area contributed by atoms with Crippen molar-refractivity contribution < 1.29 is 22.3 Å². The molecule has 20 heavy (non-hydrogen) atoms. The molecular weight excluding hydrogens is 288 g/mol. The van der Waals surface area contributed by atoms with Crippen molar-refractivity contribution in [3.63, 3.8) is 0 Å². The molecule has 0 spiro atoms. The molecule has 0 heterocycles. The third-order valence-electron chi connectivity index (χ3n) is 3.48. The van der Waals surface area contributed by atoms with Gasteiger partial charge in [0.1, 0.15) is 0 Å². The highest BCUT2D eigenvalue weighted by Gasteiger charge is 2.30. The molecular formula is C13H17F2NO3S. The largest absolute Gasteiger partial charge is 0.393 e. The molecule has 0 unspecified atom stereocenters. The van der Waals surface area contributed by atoms with E-state index in [0.717, 1.165) is 0 Å². The number of benzene rings is 1. The van der Waals surface area contributed by atoms with Crippen molar-refractivity contribution in [2.45, 2.75) is 48.5 Å². The van der Waals surface area contributed by atoms with Gasteiger partial charge in [0.2, 0.25) is 9.84 Å². The summed E-state index contributed by atoms with van der Waals surface area (Å²) in [6.45, 7) is 0. The number of hydrogen-bond donors (Lipinski definition) is 2. The summed E-state index contributed by atoms with van der Waals surface area (Å²) in [5.74, 6) is -3.43. The number of alkyl halides is 2. The average Bonchev–Trinajstić information content (AvgIpc) is 2.41. The maximum absolute atomic E-state index is 12.7. The first kappa shape index (κ1) is 15.2. The predicted molar refractivity (Wildman–Crippen MR) is 71.5 cm³/mol. The molecule has 4 nitrogen and oxygen atoms in total. The van der Waals surface area contributed by atoms with Crippen molar-refractivity contribution in [3.05, 3.63) is 24.3 Å². The molecule has 1 fully saturated rings. The fraction of sp³-hybridized carbons (Fsp3) is 0.538. The second-order valence-electron chi connectivity index (χ2n) is 4.95. The SMILES string of the molecule is O=S(=O)(c1ccccc1NC1CCC(O)CC1)C(F)F. The van der Waals surface area contributed by atoms with E-state index in [2.05, 4.69) is 5.32 Å². The topological polar surface area (TPSA) is 66.4 Å². The van der Waals surface area contributed by atoms with E-state index in [-0.39, 0.29) is 22.7 Å². The van der Waals surface area contributed by atoms with Crippen LogP contribution < -0.4 is 5.32 Å². The number of anilines is 1. The van der Waals surface area contributed by atoms with Crippen molar-refractivity contribution >= 4 is 15.5 Å². The molecule has 0 aliphatic heterocycles. The van der Waals surface area contributed by atoms with Gasteiger partial charge in [-0.2, -0.15) is 8.78 Å². The Hall–Kier alpha value is -1.21. The van der Waals surface area contributed by atoms with Crippen molar-refractivity contribution in [1.29, 1.82) is 0 Å². The summed E-state index contributed by atoms with van der Waals surface area (Å²) in [7, 11) is -4.61. The van der Waals surface area contributed by atoms with Crippen LogP contribution in [-0.4, -0.2) is 31.4 Å². The molecule has 0 amide bonds. The Morgan fingerprint density at radius 3 is 2.35 bits per heavy atom. The molecule has 1 aromatic rings. The first-order chi connectivity index (χ1) is 9.41. The molecule has 0 bridgehead atoms. The van der Waals surface area contributed by atoms with Gasteiger partial charge in [-0.15, -0.1) is 0 Å². The molecule has 1 aliphatic carbocycles. The second-order valence-corrected chi connectivity index (χ2v) is 6.84. The van der Waals surface area contributed by atoms with Gasteiger partial charge in [0.15, 0.2) is 0 Å². The standard InChI is InChI=1S/C13H17F2NO3S/c14-13(15)20(18,19)12-4-2-1-3-11(12)16-9-5-7-10(17)8-6-9/h1-4,9-10,13,16-17H,5-8H2. The zero-order valence-corrected chi connectivity index (χ0v) is 11.6. The molecule has 2 N–H and O–H groups in total. The van der Waals surface area contributed by atoms with Gasteiger partial charge in [0, 0.05) is 6.04 Å². The smallest absolute Gasteiger partial charge is 0.341 e. The molecule has 0 atom stereocenters. The molecule has 112 valence electrons. The van der Waals surface area contributed by atoms with Crippen LogP contribution in [0.1, 0.15) is 25.7 Å². The van der Waals surface area contributed by atoms with Gasteiger partial charge in [-0.3, -0.25) is 0 Å². The molecule has 1 aliphatic rings. The maximum atomic E-state index is 12.7. The highest BCUT2D eigenvalue weighted by atomic mass is 32.2. The fourth-order valence-electron chi connectivity index (χ4n) is 2.37. The van der Waals surface area contributed by atoms with E-state index in [0.29, 0.717) is 25.7 Å². The number of halogens is 2. The predicted octanol–water partition coefficient (Wildman–Crippen LogP) is 2.40. The molecule has 1 saturated carbocycles. The van der Waals surface area contributed by atoms with Crippen LogP contribution in [0.5, 0.6) is 0 Å². The summed E-state index contributed by atoms with van der Waals surface area (Å²) in [4.78, 5) is -0.374. The van der Waals surface area contributed by atoms with E-state index < -0.39 is 15.6 Å². The highest BCUT2D eigenvalue weighted by molar-refractivity contribution is 7.91. The zero-order valence-electron chi connectivity index (χ0n) is 10.8. The third-order valence-corrected chi connectivity index (χ3v) is 4.92. The lowest BCUT2D eigenvalue weighted by Gasteiger charge is -2.27. The third kappa shape index (κ3) is 3.27. The van der Waals surface area contributed by atoms with Crippen molar-refractivity contribution in [2.24, 2.45) is 0 Å². The van der Waals surface area contributed by atoms with E-state index in [4.69, 9.17) is 0 Å². The van der Waals surface area contributed by atoms with E-state index in [9.17, 15) is 22.3 Å². The number of aliphatic hydroxyl groups is 1. The summed E-state index contributed by atoms with van der Waals surface area (Å²) in [6, 6.07) is 5.68. The lowest BCUT2D eigenvalue weighted by atomic mass is 9.93. The van der Waals surface area contributed by atoms with E-state index in [1.165, 1.54) is 18.2 Å². The molecule has 7 heteroatoms. The molecule has 1 aromatic carbocycles. The Morgan fingerprint density at radius 2 is 1.75 bits per heavy atom. The number of aliphatic hydroxyl groups excluding tert-OH is 1. The van der Waals surface area contributed by atoms with E-state index in [1.54, 1.807) is 6.07 Å². The Bertz CT molecular complexity index is 554. The van der Waals surface area contributed by atoms with Crippen molar-refractivity contribution in [1.82, 2.24) is 0 Å². The highest BCUT2D eigenvalue weighted by Crippen LogP contribution is 2.29. The van der Waals surface area contributed by atoms with Gasteiger partial charge in [0.25, 0.3) is 0 Å². The summed E-state index contributed by atoms with van der Waals surface area (Å²) in [5.41, 5.74) is 0.203. The van der Waals surface area contributed by atoms with Crippen LogP contribution in [0.25, 0.3) is 0 Å². The first-order valence-electron chi connectivity index (χ1n) is 6.47. The number of rotatable bonds is 4. The number of nitrogens with one attached hydrogen (secondary N) is 1. The van der Waals surface area contributed by atoms with E-state index >= 15 is 0 Å². The molecule has 0 aromatic heterocycles. The number of sulfone groups is 1. The van der Waals surface area contributed by atoms with Crippen molar-refractivity contribution in [3.8, 4) is 0 Å². The average molecular weight is 305 g/mol. The molecule has 2 rings (SSSR count). The van der Waals surface area contributed by atoms with Crippen LogP contribution >= 0.6 is 0 Å². The summed E-state index contributed by atoms with van der Waals surface area (Å²) in [5, 5.41) is 12.4. The van der Waals surface area contributed by atoms with Gasteiger partial charge < -0.3 is 10.4 Å². The van der Waals surface area contributed by atoms with Crippen molar-refractivity contribution in [2.75, 3.05) is 5.32 Å². The van der Waals surface area contributed by atoms with Crippen LogP contribution in [0.4, 0.5) is 14.5 Å². The first-order valence-corrected chi connectivity index (χ1v) is 8.01. The van der Waals surface area contributed by atoms with Gasteiger partial charge in [-0.25, -0.2) is 8.42 Å². The minimum absolute atomic E-state index is 0.00702. The minimum atomic E-state index is -4.61. The lowest BCUT2D eigenvalue weighted by molar-refractivity contribution is 0.126. The Balaban J connectivity index is 2.21. The monoisotopic (exact) mass is 305 g/mol. The normalized spacial score (nSPS) is 23.8.